The van der Waals surface area contributed by atoms with E-state index < -0.39 is 0 Å². The third-order valence-electron chi connectivity index (χ3n) is 5.76. The molecule has 1 fully saturated rings. The number of rotatable bonds is 8. The molecule has 4 heteroatoms. The number of hydrogen-bond donors (Lipinski definition) is 0. The molecule has 1 heterocycles. The number of unbranched alkanes of at least 4 members (excludes halogenated alkanes) is 2. The van der Waals surface area contributed by atoms with E-state index in [2.05, 4.69) is 59.2 Å². The lowest BCUT2D eigenvalue weighted by Gasteiger charge is -2.24. The lowest BCUT2D eigenvalue weighted by molar-refractivity contribution is -0.670. The first kappa shape index (κ1) is 22.7. The monoisotopic (exact) mass is 489 g/mol. The molecule has 150 valence electrons. The number of benzene rings is 1. The van der Waals surface area contributed by atoms with Crippen molar-refractivity contribution in [1.82, 2.24) is 0 Å². The highest BCUT2D eigenvalue weighted by Crippen LogP contribution is 2.29. The zero-order valence-electron chi connectivity index (χ0n) is 17.0. The zero-order valence-corrected chi connectivity index (χ0v) is 19.1. The van der Waals surface area contributed by atoms with Gasteiger partial charge in [0, 0.05) is 18.3 Å². The van der Waals surface area contributed by atoms with Gasteiger partial charge >= 0.3 is 0 Å². The fraction of sp³-hybridized carbons (Fsp3) is 0.500. The summed E-state index contributed by atoms with van der Waals surface area (Å²) >= 11 is 0. The van der Waals surface area contributed by atoms with Gasteiger partial charge in [-0.25, -0.2) is 4.57 Å². The molecule has 1 aliphatic rings. The van der Waals surface area contributed by atoms with Crippen molar-refractivity contribution in [3.8, 4) is 6.07 Å². The number of hydrogen-bond acceptors (Lipinski definition) is 2. The molecule has 0 spiro atoms. The van der Waals surface area contributed by atoms with Crippen molar-refractivity contribution in [3.05, 3.63) is 54.4 Å². The Bertz CT molecular complexity index is 745. The highest BCUT2D eigenvalue weighted by molar-refractivity contribution is 5.62. The van der Waals surface area contributed by atoms with Crippen molar-refractivity contribution in [2.24, 2.45) is 13.0 Å². The second-order valence-electron chi connectivity index (χ2n) is 7.89. The highest BCUT2D eigenvalue weighted by Gasteiger charge is 2.14. The number of anilines is 2. The molecule has 3 nitrogen and oxygen atoms in total. The molecular weight excluding hydrogens is 457 g/mol. The fourth-order valence-corrected chi connectivity index (χ4v) is 4.21. The van der Waals surface area contributed by atoms with Crippen LogP contribution in [0.1, 0.15) is 63.4 Å². The first-order valence-corrected chi connectivity index (χ1v) is 10.5. The summed E-state index contributed by atoms with van der Waals surface area (Å²) in [6.07, 6.45) is 16.7. The molecule has 0 N–H and O–H groups in total. The van der Waals surface area contributed by atoms with Crippen LogP contribution in [0, 0.1) is 17.2 Å². The lowest BCUT2D eigenvalue weighted by Crippen LogP contribution is -3.00. The van der Waals surface area contributed by atoms with E-state index in [0.29, 0.717) is 5.56 Å². The van der Waals surface area contributed by atoms with Gasteiger partial charge in [-0.3, -0.25) is 0 Å². The van der Waals surface area contributed by atoms with Gasteiger partial charge in [-0.05, 0) is 42.7 Å². The molecule has 0 unspecified atom stereocenters. The molecule has 0 amide bonds. The summed E-state index contributed by atoms with van der Waals surface area (Å²) in [5.74, 6) is 0.988. The maximum absolute atomic E-state index is 9.06. The molecule has 2 aromatic rings. The van der Waals surface area contributed by atoms with E-state index in [-0.39, 0.29) is 24.0 Å². The number of aromatic nitrogens is 1. The lowest BCUT2D eigenvalue weighted by atomic mass is 9.85. The molecule has 0 radical (unpaired) electrons. The maximum atomic E-state index is 9.06. The number of nitrogens with zero attached hydrogens (tertiary/aromatic N) is 3. The summed E-state index contributed by atoms with van der Waals surface area (Å²) in [6, 6.07) is 14.4. The van der Waals surface area contributed by atoms with Crippen molar-refractivity contribution < 1.29 is 28.5 Å². The van der Waals surface area contributed by atoms with Crippen molar-refractivity contribution in [1.29, 1.82) is 5.26 Å². The van der Waals surface area contributed by atoms with Crippen molar-refractivity contribution in [3.63, 3.8) is 0 Å². The standard InChI is InChI=1S/C24H32N3.HI/c1-26-17-8-12-24(20-26)27(23-15-13-22(19-25)14-16-23)18-7-3-6-11-21-9-4-2-5-10-21;/h8,12-17,20-21H,2-7,9-11,18H2,1H3;1H/q+1;/p-1. The predicted molar refractivity (Wildman–Crippen MR) is 111 cm³/mol. The molecule has 0 saturated heterocycles. The largest absolute Gasteiger partial charge is 1.00 e. The van der Waals surface area contributed by atoms with Crippen LogP contribution in [0.25, 0.3) is 0 Å². The van der Waals surface area contributed by atoms with Crippen LogP contribution in [-0.4, -0.2) is 6.54 Å². The minimum atomic E-state index is 0. The molecule has 0 atom stereocenters. The van der Waals surface area contributed by atoms with Gasteiger partial charge in [-0.2, -0.15) is 5.26 Å². The van der Waals surface area contributed by atoms with Crippen LogP contribution in [0.2, 0.25) is 0 Å². The smallest absolute Gasteiger partial charge is 0.192 e. The van der Waals surface area contributed by atoms with Crippen LogP contribution in [0.5, 0.6) is 0 Å². The van der Waals surface area contributed by atoms with Gasteiger partial charge in [-0.1, -0.05) is 51.4 Å². The van der Waals surface area contributed by atoms with E-state index in [1.54, 1.807) is 0 Å². The Balaban J connectivity index is 0.00000280. The second-order valence-corrected chi connectivity index (χ2v) is 7.89. The van der Waals surface area contributed by atoms with Crippen LogP contribution < -0.4 is 33.4 Å². The summed E-state index contributed by atoms with van der Waals surface area (Å²) in [4.78, 5) is 2.38. The SMILES string of the molecule is C[n+]1cccc(N(CCCCCC2CCCCC2)c2ccc(C#N)cc2)c1.[I-]. The van der Waals surface area contributed by atoms with E-state index in [1.807, 2.05) is 12.1 Å². The molecule has 1 aromatic carbocycles. The van der Waals surface area contributed by atoms with Gasteiger partial charge in [0.2, 0.25) is 0 Å². The topological polar surface area (TPSA) is 30.9 Å². The summed E-state index contributed by atoms with van der Waals surface area (Å²) in [6.45, 7) is 1.01. The number of halogens is 1. The molecular formula is C24H32IN3. The average molecular weight is 489 g/mol. The van der Waals surface area contributed by atoms with Crippen LogP contribution in [-0.2, 0) is 7.05 Å². The third-order valence-corrected chi connectivity index (χ3v) is 5.76. The van der Waals surface area contributed by atoms with E-state index >= 15 is 0 Å². The van der Waals surface area contributed by atoms with Crippen molar-refractivity contribution >= 4 is 11.4 Å². The predicted octanol–water partition coefficient (Wildman–Crippen LogP) is 2.67. The Labute approximate surface area is 187 Å². The Kier molecular flexibility index (Phi) is 9.77. The van der Waals surface area contributed by atoms with Gasteiger partial charge in [0.25, 0.3) is 0 Å². The Morgan fingerprint density at radius 1 is 1.00 bits per heavy atom. The minimum absolute atomic E-state index is 0. The third kappa shape index (κ3) is 6.77. The Morgan fingerprint density at radius 2 is 1.75 bits per heavy atom. The Morgan fingerprint density at radius 3 is 2.43 bits per heavy atom. The molecule has 1 aliphatic carbocycles. The van der Waals surface area contributed by atoms with Gasteiger partial charge in [0.15, 0.2) is 12.4 Å². The number of aryl methyl sites for hydroxylation is 1. The van der Waals surface area contributed by atoms with E-state index in [4.69, 9.17) is 5.26 Å². The van der Waals surface area contributed by atoms with Gasteiger partial charge in [0.1, 0.15) is 12.7 Å². The maximum Gasteiger partial charge on any atom is 0.192 e. The summed E-state index contributed by atoms with van der Waals surface area (Å²) in [5, 5.41) is 9.06. The van der Waals surface area contributed by atoms with Gasteiger partial charge in [0.05, 0.1) is 11.6 Å². The molecule has 1 aromatic heterocycles. The van der Waals surface area contributed by atoms with Crippen LogP contribution >= 0.6 is 0 Å². The molecule has 0 bridgehead atoms. The van der Waals surface area contributed by atoms with E-state index in [1.165, 1.54) is 63.5 Å². The van der Waals surface area contributed by atoms with Crippen LogP contribution in [0.4, 0.5) is 11.4 Å². The first-order chi connectivity index (χ1) is 13.3. The zero-order chi connectivity index (χ0) is 18.9. The fourth-order valence-electron chi connectivity index (χ4n) is 4.21. The Hall–Kier alpha value is -1.61. The minimum Gasteiger partial charge on any atom is -1.00 e. The van der Waals surface area contributed by atoms with Crippen molar-refractivity contribution in [2.45, 2.75) is 57.8 Å². The van der Waals surface area contributed by atoms with Crippen LogP contribution in [0.15, 0.2) is 48.8 Å². The van der Waals surface area contributed by atoms with E-state index in [9.17, 15) is 0 Å². The molecule has 0 aliphatic heterocycles. The van der Waals surface area contributed by atoms with Crippen LogP contribution in [0.3, 0.4) is 0 Å². The first-order valence-electron chi connectivity index (χ1n) is 10.5. The van der Waals surface area contributed by atoms with Crippen molar-refractivity contribution in [2.75, 3.05) is 11.4 Å². The molecule has 1 saturated carbocycles. The summed E-state index contributed by atoms with van der Waals surface area (Å²) in [5.41, 5.74) is 3.08. The van der Waals surface area contributed by atoms with Gasteiger partial charge in [-0.15, -0.1) is 0 Å². The van der Waals surface area contributed by atoms with E-state index in [0.717, 1.165) is 18.2 Å². The molecule has 28 heavy (non-hydrogen) atoms. The number of pyridine rings is 1. The number of nitriles is 1. The quantitative estimate of drug-likeness (QED) is 0.325. The average Bonchev–Trinajstić information content (AvgIpc) is 2.71. The second kappa shape index (κ2) is 12.1. The summed E-state index contributed by atoms with van der Waals surface area (Å²) in [7, 11) is 2.06. The summed E-state index contributed by atoms with van der Waals surface area (Å²) < 4.78 is 2.09. The highest BCUT2D eigenvalue weighted by atomic mass is 127. The normalized spacial score (nSPS) is 14.1. The molecule has 3 rings (SSSR count). The van der Waals surface area contributed by atoms with Gasteiger partial charge < -0.3 is 28.9 Å².